The first-order valence-electron chi connectivity index (χ1n) is 7.69. The van der Waals surface area contributed by atoms with Gasteiger partial charge in [0.25, 0.3) is 0 Å². The maximum Gasteiger partial charge on any atom is 0.407 e. The zero-order valence-electron chi connectivity index (χ0n) is 13.9. The molecule has 6 heteroatoms. The summed E-state index contributed by atoms with van der Waals surface area (Å²) in [5.41, 5.74) is -0.507. The minimum atomic E-state index is -0.507. The smallest absolute Gasteiger partial charge is 0.407 e. The Morgan fingerprint density at radius 1 is 1.33 bits per heavy atom. The first kappa shape index (κ1) is 17.6. The van der Waals surface area contributed by atoms with Gasteiger partial charge in [-0.05, 0) is 39.5 Å². The monoisotopic (exact) mass is 299 g/mol. The molecule has 0 unspecified atom stereocenters. The molecular formula is C15H29N3O3. The van der Waals surface area contributed by atoms with E-state index in [-0.39, 0.29) is 12.1 Å². The third-order valence-corrected chi connectivity index (χ3v) is 3.09. The summed E-state index contributed by atoms with van der Waals surface area (Å²) in [6.45, 7) is 11.5. The molecule has 2 N–H and O–H groups in total. The van der Waals surface area contributed by atoms with Gasteiger partial charge in [-0.2, -0.15) is 0 Å². The van der Waals surface area contributed by atoms with E-state index in [1.54, 1.807) is 4.90 Å². The van der Waals surface area contributed by atoms with E-state index in [1.807, 2.05) is 20.8 Å². The van der Waals surface area contributed by atoms with E-state index in [2.05, 4.69) is 24.5 Å². The second-order valence-corrected chi connectivity index (χ2v) is 7.01. The lowest BCUT2D eigenvalue weighted by Gasteiger charge is -2.33. The summed E-state index contributed by atoms with van der Waals surface area (Å²) in [4.78, 5) is 25.6. The number of hydrogen-bond donors (Lipinski definition) is 2. The van der Waals surface area contributed by atoms with Crippen LogP contribution in [-0.4, -0.2) is 48.3 Å². The lowest BCUT2D eigenvalue weighted by atomic mass is 10.1. The van der Waals surface area contributed by atoms with Crippen molar-refractivity contribution in [2.24, 2.45) is 5.92 Å². The van der Waals surface area contributed by atoms with Crippen LogP contribution in [0.15, 0.2) is 0 Å². The summed E-state index contributed by atoms with van der Waals surface area (Å²) in [5, 5.41) is 5.75. The molecule has 0 bridgehead atoms. The fourth-order valence-corrected chi connectivity index (χ4v) is 2.16. The standard InChI is InChI=1S/C15H29N3O3/c1-11(2)9-16-13(19)18-8-6-7-12(10-18)17-14(20)21-15(3,4)5/h11-12H,6-10H2,1-5H3,(H,16,19)(H,17,20)/t12-/m1/s1. The molecule has 0 saturated carbocycles. The van der Waals surface area contributed by atoms with Crippen LogP contribution in [0.3, 0.4) is 0 Å². The highest BCUT2D eigenvalue weighted by Gasteiger charge is 2.26. The maximum absolute atomic E-state index is 12.0. The highest BCUT2D eigenvalue weighted by Crippen LogP contribution is 2.12. The zero-order chi connectivity index (χ0) is 16.0. The number of amides is 3. The van der Waals surface area contributed by atoms with Crippen molar-refractivity contribution in [2.75, 3.05) is 19.6 Å². The van der Waals surface area contributed by atoms with Crippen LogP contribution in [-0.2, 0) is 4.74 Å². The van der Waals surface area contributed by atoms with Gasteiger partial charge in [0.15, 0.2) is 0 Å². The Morgan fingerprint density at radius 2 is 2.00 bits per heavy atom. The van der Waals surface area contributed by atoms with E-state index in [0.29, 0.717) is 19.0 Å². The molecule has 0 aliphatic carbocycles. The van der Waals surface area contributed by atoms with E-state index in [0.717, 1.165) is 19.4 Å². The predicted molar refractivity (Wildman–Crippen MR) is 82.2 cm³/mol. The molecule has 6 nitrogen and oxygen atoms in total. The average Bonchev–Trinajstić information content (AvgIpc) is 2.33. The van der Waals surface area contributed by atoms with Crippen molar-refractivity contribution in [3.8, 4) is 0 Å². The minimum absolute atomic E-state index is 0.0431. The van der Waals surface area contributed by atoms with E-state index < -0.39 is 11.7 Å². The molecule has 0 radical (unpaired) electrons. The van der Waals surface area contributed by atoms with Gasteiger partial charge in [0.2, 0.25) is 0 Å². The molecule has 1 atom stereocenters. The quantitative estimate of drug-likeness (QED) is 0.840. The molecule has 1 rings (SSSR count). The summed E-state index contributed by atoms with van der Waals surface area (Å²) in [6.07, 6.45) is 1.33. The number of piperidine rings is 1. The lowest BCUT2D eigenvalue weighted by Crippen LogP contribution is -2.53. The van der Waals surface area contributed by atoms with E-state index in [9.17, 15) is 9.59 Å². The van der Waals surface area contributed by atoms with E-state index >= 15 is 0 Å². The number of rotatable bonds is 3. The van der Waals surface area contributed by atoms with Crippen LogP contribution in [0.5, 0.6) is 0 Å². The average molecular weight is 299 g/mol. The molecule has 0 spiro atoms. The number of urea groups is 1. The van der Waals surface area contributed by atoms with E-state index in [4.69, 9.17) is 4.74 Å². The van der Waals surface area contributed by atoms with Crippen molar-refractivity contribution in [3.05, 3.63) is 0 Å². The van der Waals surface area contributed by atoms with Gasteiger partial charge in [-0.15, -0.1) is 0 Å². The van der Waals surface area contributed by atoms with Crippen LogP contribution in [0.2, 0.25) is 0 Å². The van der Waals surface area contributed by atoms with Crippen molar-refractivity contribution < 1.29 is 14.3 Å². The number of nitrogens with zero attached hydrogens (tertiary/aromatic N) is 1. The molecule has 1 fully saturated rings. The van der Waals surface area contributed by atoms with Crippen LogP contribution in [0, 0.1) is 5.92 Å². The second-order valence-electron chi connectivity index (χ2n) is 7.01. The normalized spacial score (nSPS) is 19.3. The Kier molecular flexibility index (Phi) is 6.30. The SMILES string of the molecule is CC(C)CNC(=O)N1CCC[C@@H](NC(=O)OC(C)(C)C)C1. The molecule has 0 aromatic rings. The summed E-state index contributed by atoms with van der Waals surface area (Å²) < 4.78 is 5.25. The third-order valence-electron chi connectivity index (χ3n) is 3.09. The minimum Gasteiger partial charge on any atom is -0.444 e. The molecule has 1 aliphatic heterocycles. The summed E-state index contributed by atoms with van der Waals surface area (Å²) >= 11 is 0. The van der Waals surface area contributed by atoms with Crippen LogP contribution in [0.4, 0.5) is 9.59 Å². The number of ether oxygens (including phenoxy) is 1. The molecule has 122 valence electrons. The molecule has 1 aliphatic rings. The molecule has 0 aromatic heterocycles. The van der Waals surface area contributed by atoms with Crippen molar-refractivity contribution in [2.45, 2.75) is 59.1 Å². The summed E-state index contributed by atoms with van der Waals surface area (Å²) in [7, 11) is 0. The lowest BCUT2D eigenvalue weighted by molar-refractivity contribution is 0.0479. The predicted octanol–water partition coefficient (Wildman–Crippen LogP) is 2.34. The van der Waals surface area contributed by atoms with Crippen molar-refractivity contribution in [1.82, 2.24) is 15.5 Å². The topological polar surface area (TPSA) is 70.7 Å². The molecule has 21 heavy (non-hydrogen) atoms. The van der Waals surface area contributed by atoms with Crippen molar-refractivity contribution in [3.63, 3.8) is 0 Å². The zero-order valence-corrected chi connectivity index (χ0v) is 13.9. The Bertz CT molecular complexity index is 364. The number of carbonyl (C=O) groups excluding carboxylic acids is 2. The van der Waals surface area contributed by atoms with Crippen molar-refractivity contribution in [1.29, 1.82) is 0 Å². The fourth-order valence-electron chi connectivity index (χ4n) is 2.16. The molecule has 0 aromatic carbocycles. The van der Waals surface area contributed by atoms with Gasteiger partial charge in [-0.1, -0.05) is 13.8 Å². The van der Waals surface area contributed by atoms with Gasteiger partial charge in [0.05, 0.1) is 0 Å². The first-order valence-corrected chi connectivity index (χ1v) is 7.69. The van der Waals surface area contributed by atoms with Crippen molar-refractivity contribution >= 4 is 12.1 Å². The summed E-state index contributed by atoms with van der Waals surface area (Å²) in [5.74, 6) is 0.425. The Labute approximate surface area is 127 Å². The Morgan fingerprint density at radius 3 is 2.57 bits per heavy atom. The Hall–Kier alpha value is -1.46. The van der Waals surface area contributed by atoms with Gasteiger partial charge in [0.1, 0.15) is 5.60 Å². The van der Waals surface area contributed by atoms with Crippen LogP contribution in [0.25, 0.3) is 0 Å². The number of hydrogen-bond acceptors (Lipinski definition) is 3. The fraction of sp³-hybridized carbons (Fsp3) is 0.867. The maximum atomic E-state index is 12.0. The van der Waals surface area contributed by atoms with Crippen LogP contribution >= 0.6 is 0 Å². The highest BCUT2D eigenvalue weighted by molar-refractivity contribution is 5.74. The van der Waals surface area contributed by atoms with Gasteiger partial charge in [-0.25, -0.2) is 9.59 Å². The van der Waals surface area contributed by atoms with E-state index in [1.165, 1.54) is 0 Å². The van der Waals surface area contributed by atoms with Gasteiger partial charge >= 0.3 is 12.1 Å². The largest absolute Gasteiger partial charge is 0.444 e. The first-order chi connectivity index (χ1) is 9.67. The molecule has 3 amide bonds. The highest BCUT2D eigenvalue weighted by atomic mass is 16.6. The number of nitrogens with one attached hydrogen (secondary N) is 2. The van der Waals surface area contributed by atoms with Crippen LogP contribution < -0.4 is 10.6 Å². The summed E-state index contributed by atoms with van der Waals surface area (Å²) in [6, 6.07) is -0.0993. The Balaban J connectivity index is 2.41. The second kappa shape index (κ2) is 7.52. The number of alkyl carbamates (subject to hydrolysis) is 1. The number of carbonyl (C=O) groups is 2. The van der Waals surface area contributed by atoms with Gasteiger partial charge < -0.3 is 20.3 Å². The number of likely N-dealkylation sites (tertiary alicyclic amines) is 1. The molecular weight excluding hydrogens is 270 g/mol. The molecule has 1 heterocycles. The van der Waals surface area contributed by atoms with Crippen LogP contribution in [0.1, 0.15) is 47.5 Å². The third kappa shape index (κ3) is 7.20. The van der Waals surface area contributed by atoms with Gasteiger partial charge in [0, 0.05) is 25.7 Å². The molecule has 1 saturated heterocycles. The van der Waals surface area contributed by atoms with Gasteiger partial charge in [-0.3, -0.25) is 0 Å².